The molecule has 0 aromatic heterocycles. The molecule has 4 bridgehead atoms. The minimum Gasteiger partial charge on any atom is -0.480 e. The van der Waals surface area contributed by atoms with Gasteiger partial charge < -0.3 is 15.3 Å². The van der Waals surface area contributed by atoms with Crippen molar-refractivity contribution in [2.75, 3.05) is 23.3 Å². The first kappa shape index (κ1) is 22.1. The summed E-state index contributed by atoms with van der Waals surface area (Å²) in [5, 5.41) is 12.3. The molecule has 2 N–H and O–H groups in total. The van der Waals surface area contributed by atoms with E-state index in [1.807, 2.05) is 12.1 Å². The Morgan fingerprint density at radius 1 is 0.969 bits per heavy atom. The molecule has 2 aliphatic carbocycles. The Morgan fingerprint density at radius 2 is 1.62 bits per heavy atom. The smallest absolute Gasteiger partial charge is 0.322 e. The van der Waals surface area contributed by atoms with E-state index in [2.05, 4.69) is 34.2 Å². The van der Waals surface area contributed by atoms with E-state index in [0.717, 1.165) is 42.2 Å². The molecule has 1 aromatic carbocycles. The first-order chi connectivity index (χ1) is 15.6. The molecule has 2 aliphatic heterocycles. The van der Waals surface area contributed by atoms with Crippen LogP contribution in [0.2, 0.25) is 0 Å². The van der Waals surface area contributed by atoms with Crippen molar-refractivity contribution in [3.8, 4) is 0 Å². The van der Waals surface area contributed by atoms with Crippen molar-refractivity contribution in [1.29, 1.82) is 0 Å². The normalized spacial score (nSPS) is 34.7. The number of carboxylic acids is 1. The van der Waals surface area contributed by atoms with E-state index in [0.29, 0.717) is 6.04 Å². The molecule has 0 spiro atoms. The lowest BCUT2D eigenvalue weighted by Gasteiger charge is -2.56. The van der Waals surface area contributed by atoms with Crippen molar-refractivity contribution >= 4 is 17.3 Å². The molecule has 5 heteroatoms. The largest absolute Gasteiger partial charge is 0.480 e. The summed E-state index contributed by atoms with van der Waals surface area (Å²) < 4.78 is 0. The lowest BCUT2D eigenvalue weighted by Crippen LogP contribution is -2.61. The highest BCUT2D eigenvalue weighted by Crippen LogP contribution is 2.46. The second-order valence-electron chi connectivity index (χ2n) is 10.9. The first-order valence-corrected chi connectivity index (χ1v) is 13.2. The fraction of sp³-hybridized carbons (Fsp3) is 0.741. The number of carbonyl (C=O) groups is 1. The molecule has 2 saturated carbocycles. The van der Waals surface area contributed by atoms with Crippen LogP contribution in [0, 0.1) is 11.8 Å². The number of fused-ring (bicyclic) bond motifs is 4. The Labute approximate surface area is 193 Å². The Hall–Kier alpha value is -1.75. The van der Waals surface area contributed by atoms with Crippen molar-refractivity contribution < 1.29 is 9.90 Å². The zero-order valence-electron chi connectivity index (χ0n) is 19.7. The van der Waals surface area contributed by atoms with Gasteiger partial charge in [0.15, 0.2) is 0 Å². The third kappa shape index (κ3) is 4.50. The number of nitrogens with one attached hydrogen (secondary N) is 1. The molecule has 5 rings (SSSR count). The molecular formula is C27H41N3O2. The maximum atomic E-state index is 11.1. The van der Waals surface area contributed by atoms with Gasteiger partial charge in [0.05, 0.1) is 11.4 Å². The summed E-state index contributed by atoms with van der Waals surface area (Å²) in [5.74, 6) is 1.17. The summed E-state index contributed by atoms with van der Waals surface area (Å²) in [5.41, 5.74) is 2.12. The van der Waals surface area contributed by atoms with E-state index in [4.69, 9.17) is 5.11 Å². The van der Waals surface area contributed by atoms with Crippen LogP contribution in [0.4, 0.5) is 11.4 Å². The molecule has 4 aliphatic rings. The quantitative estimate of drug-likeness (QED) is 0.599. The van der Waals surface area contributed by atoms with Gasteiger partial charge in [0.2, 0.25) is 0 Å². The van der Waals surface area contributed by atoms with Crippen LogP contribution < -0.4 is 10.2 Å². The van der Waals surface area contributed by atoms with Crippen LogP contribution >= 0.6 is 0 Å². The number of rotatable bonds is 7. The highest BCUT2D eigenvalue weighted by molar-refractivity contribution is 5.77. The van der Waals surface area contributed by atoms with E-state index >= 15 is 0 Å². The Morgan fingerprint density at radius 3 is 2.28 bits per heavy atom. The zero-order chi connectivity index (χ0) is 22.1. The van der Waals surface area contributed by atoms with Crippen molar-refractivity contribution in [1.82, 2.24) is 4.90 Å². The molecule has 32 heavy (non-hydrogen) atoms. The molecular weight excluding hydrogens is 398 g/mol. The SMILES string of the molecule is CCN(c1ccccc1NCC(=O)O)C1CC2CCCC(C1)N2C1CC2CCCC(C2)C1. The van der Waals surface area contributed by atoms with Crippen molar-refractivity contribution in [3.63, 3.8) is 0 Å². The predicted molar refractivity (Wildman–Crippen MR) is 130 cm³/mol. The first-order valence-electron chi connectivity index (χ1n) is 13.2. The topological polar surface area (TPSA) is 55.8 Å². The van der Waals surface area contributed by atoms with Gasteiger partial charge in [-0.3, -0.25) is 9.69 Å². The van der Waals surface area contributed by atoms with Gasteiger partial charge in [0.25, 0.3) is 0 Å². The lowest BCUT2D eigenvalue weighted by atomic mass is 9.68. The van der Waals surface area contributed by atoms with Crippen LogP contribution in [-0.4, -0.2) is 53.2 Å². The molecule has 2 saturated heterocycles. The number of carboxylic acid groups (broad SMARTS) is 1. The van der Waals surface area contributed by atoms with Crippen molar-refractivity contribution in [2.45, 2.75) is 102 Å². The molecule has 4 atom stereocenters. The summed E-state index contributed by atoms with van der Waals surface area (Å²) >= 11 is 0. The van der Waals surface area contributed by atoms with Crippen LogP contribution in [0.3, 0.4) is 0 Å². The standard InChI is InChI=1S/C27H41N3O2/c1-2-29(26-12-4-3-11-25(26)28-18-27(31)32)23-16-21-9-6-10-22(17-23)30(21)24-14-19-7-5-8-20(13-19)15-24/h3-4,11-12,19-24,28H,2,5-10,13-18H2,1H3,(H,31,32). The van der Waals surface area contributed by atoms with E-state index in [9.17, 15) is 4.79 Å². The van der Waals surface area contributed by atoms with Crippen LogP contribution in [0.25, 0.3) is 0 Å². The number of piperidine rings is 2. The fourth-order valence-corrected chi connectivity index (χ4v) is 7.85. The van der Waals surface area contributed by atoms with Gasteiger partial charge in [0, 0.05) is 30.7 Å². The van der Waals surface area contributed by atoms with Gasteiger partial charge in [-0.05, 0) is 75.8 Å². The monoisotopic (exact) mass is 439 g/mol. The lowest BCUT2D eigenvalue weighted by molar-refractivity contribution is -0.134. The number of anilines is 2. The minimum atomic E-state index is -0.817. The molecule has 5 nitrogen and oxygen atoms in total. The Bertz CT molecular complexity index is 773. The fourth-order valence-electron chi connectivity index (χ4n) is 7.85. The van der Waals surface area contributed by atoms with E-state index < -0.39 is 5.97 Å². The second kappa shape index (κ2) is 9.62. The molecule has 4 fully saturated rings. The van der Waals surface area contributed by atoms with Gasteiger partial charge in [-0.15, -0.1) is 0 Å². The number of para-hydroxylation sites is 2. The second-order valence-corrected chi connectivity index (χ2v) is 10.9. The maximum absolute atomic E-state index is 11.1. The summed E-state index contributed by atoms with van der Waals surface area (Å²) in [4.78, 5) is 16.7. The third-order valence-corrected chi connectivity index (χ3v) is 8.96. The third-order valence-electron chi connectivity index (χ3n) is 8.96. The van der Waals surface area contributed by atoms with Gasteiger partial charge in [0.1, 0.15) is 6.54 Å². The molecule has 4 unspecified atom stereocenters. The molecule has 0 radical (unpaired) electrons. The van der Waals surface area contributed by atoms with Crippen LogP contribution in [-0.2, 0) is 4.79 Å². The average molecular weight is 440 g/mol. The number of aliphatic carboxylic acids is 1. The van der Waals surface area contributed by atoms with Crippen LogP contribution in [0.5, 0.6) is 0 Å². The van der Waals surface area contributed by atoms with Gasteiger partial charge in [-0.25, -0.2) is 0 Å². The number of hydrogen-bond donors (Lipinski definition) is 2. The summed E-state index contributed by atoms with van der Waals surface area (Å²) in [7, 11) is 0. The summed E-state index contributed by atoms with van der Waals surface area (Å²) in [6.45, 7) is 3.17. The van der Waals surface area contributed by atoms with E-state index in [-0.39, 0.29) is 6.54 Å². The van der Waals surface area contributed by atoms with Gasteiger partial charge in [-0.1, -0.05) is 37.8 Å². The summed E-state index contributed by atoms with van der Waals surface area (Å²) in [6, 6.07) is 11.1. The minimum absolute atomic E-state index is 0.0394. The van der Waals surface area contributed by atoms with Crippen molar-refractivity contribution in [3.05, 3.63) is 24.3 Å². The van der Waals surface area contributed by atoms with Crippen LogP contribution in [0.1, 0.15) is 77.6 Å². The van der Waals surface area contributed by atoms with E-state index in [1.165, 1.54) is 76.3 Å². The number of benzene rings is 1. The molecule has 0 amide bonds. The molecule has 176 valence electrons. The Kier molecular flexibility index (Phi) is 6.64. The highest BCUT2D eigenvalue weighted by atomic mass is 16.4. The predicted octanol–water partition coefficient (Wildman–Crippen LogP) is 5.36. The summed E-state index contributed by atoms with van der Waals surface area (Å²) in [6.07, 6.45) is 15.4. The molecule has 2 heterocycles. The number of nitrogens with zero attached hydrogens (tertiary/aromatic N) is 2. The Balaban J connectivity index is 1.33. The maximum Gasteiger partial charge on any atom is 0.322 e. The highest BCUT2D eigenvalue weighted by Gasteiger charge is 2.45. The average Bonchev–Trinajstić information content (AvgIpc) is 2.78. The van der Waals surface area contributed by atoms with Gasteiger partial charge >= 0.3 is 5.97 Å². The van der Waals surface area contributed by atoms with E-state index in [1.54, 1.807) is 0 Å². The molecule has 1 aromatic rings. The van der Waals surface area contributed by atoms with Crippen LogP contribution in [0.15, 0.2) is 24.3 Å². The van der Waals surface area contributed by atoms with Gasteiger partial charge in [-0.2, -0.15) is 0 Å². The number of hydrogen-bond acceptors (Lipinski definition) is 4. The van der Waals surface area contributed by atoms with Crippen molar-refractivity contribution in [2.24, 2.45) is 11.8 Å². The zero-order valence-corrected chi connectivity index (χ0v) is 19.7.